The molecule has 0 atom stereocenters. The van der Waals surface area contributed by atoms with Crippen molar-refractivity contribution in [1.29, 1.82) is 0 Å². The van der Waals surface area contributed by atoms with Crippen molar-refractivity contribution in [3.8, 4) is 0 Å². The first-order valence-corrected chi connectivity index (χ1v) is 9.15. The van der Waals surface area contributed by atoms with Crippen LogP contribution in [0.2, 0.25) is 5.02 Å². The number of nitro groups is 1. The van der Waals surface area contributed by atoms with E-state index in [1.54, 1.807) is 18.2 Å². The van der Waals surface area contributed by atoms with E-state index in [0.29, 0.717) is 17.1 Å². The maximum atomic E-state index is 12.9. The Morgan fingerprint density at radius 1 is 1.11 bits per heavy atom. The van der Waals surface area contributed by atoms with Crippen molar-refractivity contribution < 1.29 is 14.5 Å². The monoisotopic (exact) mass is 402 g/mol. The Bertz CT molecular complexity index is 942. The van der Waals surface area contributed by atoms with Gasteiger partial charge in [0.1, 0.15) is 0 Å². The predicted octanol–water partition coefficient (Wildman–Crippen LogP) is 4.06. The first-order valence-electron chi connectivity index (χ1n) is 8.77. The van der Waals surface area contributed by atoms with Gasteiger partial charge in [-0.15, -0.1) is 0 Å². The molecule has 1 saturated heterocycles. The largest absolute Gasteiger partial charge is 0.371 e. The van der Waals surface area contributed by atoms with Crippen molar-refractivity contribution >= 4 is 46.2 Å². The van der Waals surface area contributed by atoms with Crippen molar-refractivity contribution in [2.45, 2.75) is 19.8 Å². The Hall–Kier alpha value is -3.13. The zero-order chi connectivity index (χ0) is 20.3. The number of benzene rings is 2. The van der Waals surface area contributed by atoms with Crippen LogP contribution in [0.4, 0.5) is 22.7 Å². The summed E-state index contributed by atoms with van der Waals surface area (Å²) in [6.07, 6.45) is 2.02. The third-order valence-corrected chi connectivity index (χ3v) is 4.73. The molecule has 2 N–H and O–H groups in total. The number of halogens is 1. The summed E-state index contributed by atoms with van der Waals surface area (Å²) < 4.78 is 0. The standard InChI is InChI=1S/C19H19ClN4O4/c1-12(25)21-17-6-4-13(10-16(17)20)22-19(26)15-11-14(24(27)28)5-7-18(15)23-8-2-3-9-23/h4-7,10-11H,2-3,8-9H2,1H3,(H,21,25)(H,22,26). The highest BCUT2D eigenvalue weighted by atomic mass is 35.5. The second-order valence-electron chi connectivity index (χ2n) is 6.48. The Kier molecular flexibility index (Phi) is 5.79. The fourth-order valence-electron chi connectivity index (χ4n) is 3.14. The molecule has 8 nitrogen and oxygen atoms in total. The van der Waals surface area contributed by atoms with E-state index in [4.69, 9.17) is 11.6 Å². The molecule has 2 aromatic carbocycles. The number of carbonyl (C=O) groups is 2. The third-order valence-electron chi connectivity index (χ3n) is 4.42. The van der Waals surface area contributed by atoms with E-state index < -0.39 is 10.8 Å². The van der Waals surface area contributed by atoms with Crippen LogP contribution < -0.4 is 15.5 Å². The number of amides is 2. The summed E-state index contributed by atoms with van der Waals surface area (Å²) >= 11 is 6.14. The van der Waals surface area contributed by atoms with Crippen molar-refractivity contribution in [3.63, 3.8) is 0 Å². The number of nitrogens with zero attached hydrogens (tertiary/aromatic N) is 2. The van der Waals surface area contributed by atoms with E-state index in [2.05, 4.69) is 10.6 Å². The number of nitrogens with one attached hydrogen (secondary N) is 2. The summed E-state index contributed by atoms with van der Waals surface area (Å²) in [5.41, 5.74) is 1.61. The van der Waals surface area contributed by atoms with E-state index in [1.165, 1.54) is 25.1 Å². The van der Waals surface area contributed by atoms with Crippen molar-refractivity contribution in [2.75, 3.05) is 28.6 Å². The van der Waals surface area contributed by atoms with E-state index in [0.717, 1.165) is 25.9 Å². The fourth-order valence-corrected chi connectivity index (χ4v) is 3.36. The van der Waals surface area contributed by atoms with Gasteiger partial charge in [-0.05, 0) is 37.1 Å². The first-order chi connectivity index (χ1) is 13.3. The van der Waals surface area contributed by atoms with E-state index in [1.807, 2.05) is 4.90 Å². The van der Waals surface area contributed by atoms with Crippen molar-refractivity contribution in [2.24, 2.45) is 0 Å². The topological polar surface area (TPSA) is 105 Å². The van der Waals surface area contributed by atoms with Crippen LogP contribution in [0.3, 0.4) is 0 Å². The SMILES string of the molecule is CC(=O)Nc1ccc(NC(=O)c2cc([N+](=O)[O-])ccc2N2CCCC2)cc1Cl. The molecule has 1 aliphatic heterocycles. The van der Waals surface area contributed by atoms with Gasteiger partial charge >= 0.3 is 0 Å². The molecule has 0 aliphatic carbocycles. The van der Waals surface area contributed by atoms with E-state index in [-0.39, 0.29) is 22.2 Å². The van der Waals surface area contributed by atoms with Crippen LogP contribution in [0.5, 0.6) is 0 Å². The Morgan fingerprint density at radius 2 is 1.82 bits per heavy atom. The van der Waals surface area contributed by atoms with Crippen LogP contribution >= 0.6 is 11.6 Å². The molecule has 9 heteroatoms. The highest BCUT2D eigenvalue weighted by molar-refractivity contribution is 6.34. The smallest absolute Gasteiger partial charge is 0.270 e. The number of non-ortho nitro benzene ring substituents is 1. The normalized spacial score (nSPS) is 13.3. The predicted molar refractivity (Wildman–Crippen MR) is 108 cm³/mol. The molecular formula is C19H19ClN4O4. The minimum atomic E-state index is -0.524. The fraction of sp³-hybridized carbons (Fsp3) is 0.263. The quantitative estimate of drug-likeness (QED) is 0.579. The first kappa shape index (κ1) is 19.6. The van der Waals surface area contributed by atoms with Gasteiger partial charge in [0.25, 0.3) is 11.6 Å². The summed E-state index contributed by atoms with van der Waals surface area (Å²) in [4.78, 5) is 36.7. The van der Waals surface area contributed by atoms with Crippen LogP contribution in [0.1, 0.15) is 30.1 Å². The molecule has 2 aromatic rings. The summed E-state index contributed by atoms with van der Waals surface area (Å²) in [5.74, 6) is -0.723. The van der Waals surface area contributed by atoms with Crippen molar-refractivity contribution in [3.05, 3.63) is 57.1 Å². The lowest BCUT2D eigenvalue weighted by Crippen LogP contribution is -2.23. The summed E-state index contributed by atoms with van der Waals surface area (Å²) in [5, 5.41) is 16.7. The van der Waals surface area contributed by atoms with Crippen molar-refractivity contribution in [1.82, 2.24) is 0 Å². The van der Waals surface area contributed by atoms with Gasteiger partial charge in [0.2, 0.25) is 5.91 Å². The highest BCUT2D eigenvalue weighted by Gasteiger charge is 2.22. The molecule has 1 aliphatic rings. The minimum Gasteiger partial charge on any atom is -0.371 e. The molecule has 0 unspecified atom stereocenters. The average Bonchev–Trinajstić information content (AvgIpc) is 3.17. The number of anilines is 3. The van der Waals surface area contributed by atoms with Gasteiger partial charge in [-0.3, -0.25) is 19.7 Å². The highest BCUT2D eigenvalue weighted by Crippen LogP contribution is 2.30. The minimum absolute atomic E-state index is 0.146. The maximum Gasteiger partial charge on any atom is 0.270 e. The van der Waals surface area contributed by atoms with E-state index >= 15 is 0 Å². The molecule has 0 radical (unpaired) electrons. The van der Waals surface area contributed by atoms with Gasteiger partial charge in [0.05, 0.1) is 26.9 Å². The molecule has 2 amide bonds. The second kappa shape index (κ2) is 8.26. The van der Waals surface area contributed by atoms with Gasteiger partial charge in [-0.1, -0.05) is 11.6 Å². The number of hydrogen-bond donors (Lipinski definition) is 2. The van der Waals surface area contributed by atoms with Gasteiger partial charge in [-0.25, -0.2) is 0 Å². The van der Waals surface area contributed by atoms with Crippen LogP contribution in [-0.2, 0) is 4.79 Å². The number of hydrogen-bond acceptors (Lipinski definition) is 5. The van der Waals surface area contributed by atoms with Gasteiger partial charge < -0.3 is 15.5 Å². The van der Waals surface area contributed by atoms with Crippen LogP contribution in [0.25, 0.3) is 0 Å². The molecule has 1 heterocycles. The van der Waals surface area contributed by atoms with Gasteiger partial charge in [0, 0.05) is 37.8 Å². The molecule has 0 aromatic heterocycles. The van der Waals surface area contributed by atoms with Crippen LogP contribution in [0, 0.1) is 10.1 Å². The molecular weight excluding hydrogens is 384 g/mol. The Labute approximate surface area is 166 Å². The summed E-state index contributed by atoms with van der Waals surface area (Å²) in [7, 11) is 0. The molecule has 0 spiro atoms. The molecule has 0 bridgehead atoms. The lowest BCUT2D eigenvalue weighted by atomic mass is 10.1. The average molecular weight is 403 g/mol. The number of rotatable bonds is 5. The van der Waals surface area contributed by atoms with Gasteiger partial charge in [-0.2, -0.15) is 0 Å². The molecule has 0 saturated carbocycles. The number of nitro benzene ring substituents is 1. The number of carbonyl (C=O) groups excluding carboxylic acids is 2. The second-order valence-corrected chi connectivity index (χ2v) is 6.89. The zero-order valence-corrected chi connectivity index (χ0v) is 16.0. The maximum absolute atomic E-state index is 12.9. The van der Waals surface area contributed by atoms with Crippen LogP contribution in [0.15, 0.2) is 36.4 Å². The lowest BCUT2D eigenvalue weighted by Gasteiger charge is -2.21. The summed E-state index contributed by atoms with van der Waals surface area (Å²) in [6, 6.07) is 9.00. The third kappa shape index (κ3) is 4.40. The van der Waals surface area contributed by atoms with E-state index in [9.17, 15) is 19.7 Å². The van der Waals surface area contributed by atoms with Gasteiger partial charge in [0.15, 0.2) is 0 Å². The zero-order valence-electron chi connectivity index (χ0n) is 15.2. The molecule has 1 fully saturated rings. The summed E-state index contributed by atoms with van der Waals surface area (Å²) in [6.45, 7) is 2.97. The molecule has 28 heavy (non-hydrogen) atoms. The lowest BCUT2D eigenvalue weighted by molar-refractivity contribution is -0.384. The Morgan fingerprint density at radius 3 is 2.43 bits per heavy atom. The Balaban J connectivity index is 1.88. The van der Waals surface area contributed by atoms with Crippen LogP contribution in [-0.4, -0.2) is 29.8 Å². The molecule has 3 rings (SSSR count). The molecule has 146 valence electrons.